The normalized spacial score (nSPS) is 13.8. The third-order valence-electron chi connectivity index (χ3n) is 1.85. The molecule has 0 fully saturated rings. The Bertz CT molecular complexity index is 372. The first-order valence-corrected chi connectivity index (χ1v) is 5.63. The second-order valence-electron chi connectivity index (χ2n) is 3.15. The zero-order valence-corrected chi connectivity index (χ0v) is 9.68. The molecule has 1 aromatic heterocycles. The van der Waals surface area contributed by atoms with E-state index in [1.54, 1.807) is 12.3 Å². The first-order chi connectivity index (χ1) is 7.67. The highest BCUT2D eigenvalue weighted by atomic mass is 32.2. The van der Waals surface area contributed by atoms with E-state index < -0.39 is 0 Å². The molecule has 0 amide bonds. The monoisotopic (exact) mass is 242 g/mol. The van der Waals surface area contributed by atoms with Crippen LogP contribution in [0, 0.1) is 0 Å². The largest absolute Gasteiger partial charge is 0.409 e. The molecule has 1 aromatic rings. The van der Waals surface area contributed by atoms with Gasteiger partial charge in [0.2, 0.25) is 0 Å². The molecule has 0 bridgehead atoms. The number of aliphatic hydroxyl groups excluding tert-OH is 1. The van der Waals surface area contributed by atoms with Crippen molar-refractivity contribution >= 4 is 17.6 Å². The van der Waals surface area contributed by atoms with Crippen LogP contribution < -0.4 is 5.73 Å². The number of oxime groups is 1. The van der Waals surface area contributed by atoms with Gasteiger partial charge in [0.1, 0.15) is 5.69 Å². The maximum Gasteiger partial charge on any atom is 0.188 e. The molecule has 0 aliphatic carbocycles. The molecule has 88 valence electrons. The summed E-state index contributed by atoms with van der Waals surface area (Å²) < 4.78 is 0. The predicted octanol–water partition coefficient (Wildman–Crippen LogP) is 0.434. The molecule has 7 heteroatoms. The van der Waals surface area contributed by atoms with Crippen LogP contribution in [0.5, 0.6) is 0 Å². The van der Waals surface area contributed by atoms with Crippen molar-refractivity contribution in [3.05, 3.63) is 18.0 Å². The smallest absolute Gasteiger partial charge is 0.188 e. The number of nitrogens with zero attached hydrogens (tertiary/aromatic N) is 3. The fraction of sp³-hybridized carbons (Fsp3) is 0.444. The number of nitrogens with two attached hydrogens (primary N) is 1. The van der Waals surface area contributed by atoms with E-state index in [1.165, 1.54) is 11.8 Å². The molecule has 1 rings (SSSR count). The molecule has 0 aliphatic heterocycles. The third-order valence-corrected chi connectivity index (χ3v) is 2.89. The van der Waals surface area contributed by atoms with Crippen molar-refractivity contribution < 1.29 is 10.3 Å². The number of rotatable bonds is 5. The summed E-state index contributed by atoms with van der Waals surface area (Å²) in [6.45, 7) is 2.11. The molecule has 16 heavy (non-hydrogen) atoms. The van der Waals surface area contributed by atoms with Gasteiger partial charge in [0, 0.05) is 18.1 Å². The lowest BCUT2D eigenvalue weighted by Crippen LogP contribution is -2.15. The van der Waals surface area contributed by atoms with E-state index in [9.17, 15) is 0 Å². The number of aliphatic hydroxyl groups is 1. The molecule has 0 radical (unpaired) electrons. The van der Waals surface area contributed by atoms with Gasteiger partial charge in [-0.05, 0) is 12.5 Å². The van der Waals surface area contributed by atoms with Gasteiger partial charge < -0.3 is 16.0 Å². The highest BCUT2D eigenvalue weighted by Gasteiger charge is 2.08. The molecule has 1 atom stereocenters. The molecule has 0 saturated carbocycles. The fourth-order valence-corrected chi connectivity index (χ4v) is 1.87. The maximum absolute atomic E-state index is 8.77. The van der Waals surface area contributed by atoms with Crippen LogP contribution in [0.4, 0.5) is 0 Å². The molecule has 0 spiro atoms. The van der Waals surface area contributed by atoms with E-state index in [-0.39, 0.29) is 17.7 Å². The molecule has 1 unspecified atom stereocenters. The van der Waals surface area contributed by atoms with Gasteiger partial charge in [0.15, 0.2) is 11.0 Å². The maximum atomic E-state index is 8.77. The van der Waals surface area contributed by atoms with Gasteiger partial charge in [0.05, 0.1) is 0 Å². The minimum Gasteiger partial charge on any atom is -0.409 e. The minimum absolute atomic E-state index is 0.0425. The number of thioether (sulfide) groups is 1. The van der Waals surface area contributed by atoms with Gasteiger partial charge in [-0.25, -0.2) is 9.97 Å². The van der Waals surface area contributed by atoms with Crippen molar-refractivity contribution in [3.8, 4) is 0 Å². The van der Waals surface area contributed by atoms with E-state index in [4.69, 9.17) is 16.0 Å². The van der Waals surface area contributed by atoms with Crippen molar-refractivity contribution in [1.82, 2.24) is 9.97 Å². The Morgan fingerprint density at radius 3 is 3.06 bits per heavy atom. The highest BCUT2D eigenvalue weighted by molar-refractivity contribution is 7.99. The summed E-state index contributed by atoms with van der Waals surface area (Å²) in [6, 6.07) is 1.57. The van der Waals surface area contributed by atoms with E-state index in [2.05, 4.69) is 15.1 Å². The van der Waals surface area contributed by atoms with E-state index >= 15 is 0 Å². The van der Waals surface area contributed by atoms with E-state index in [0.717, 1.165) is 0 Å². The number of hydrogen-bond acceptors (Lipinski definition) is 6. The molecule has 1 heterocycles. The number of aromatic nitrogens is 2. The van der Waals surface area contributed by atoms with Crippen LogP contribution in [-0.2, 0) is 0 Å². The molecule has 0 aliphatic rings. The molecular formula is C9H14N4O2S. The molecular weight excluding hydrogens is 228 g/mol. The molecule has 4 N–H and O–H groups in total. The Hall–Kier alpha value is -1.34. The van der Waals surface area contributed by atoms with Crippen LogP contribution >= 0.6 is 11.8 Å². The topological polar surface area (TPSA) is 105 Å². The Kier molecular flexibility index (Phi) is 5.00. The predicted molar refractivity (Wildman–Crippen MR) is 61.6 cm³/mol. The molecule has 0 saturated heterocycles. The van der Waals surface area contributed by atoms with Gasteiger partial charge in [-0.1, -0.05) is 23.8 Å². The summed E-state index contributed by atoms with van der Waals surface area (Å²) in [6.07, 6.45) is 2.22. The summed E-state index contributed by atoms with van der Waals surface area (Å²) in [5.74, 6) is -0.0425. The summed E-state index contributed by atoms with van der Waals surface area (Å²) in [5, 5.41) is 20.9. The van der Waals surface area contributed by atoms with Gasteiger partial charge in [0.25, 0.3) is 0 Å². The minimum atomic E-state index is -0.0425. The Balaban J connectivity index is 2.75. The van der Waals surface area contributed by atoms with Crippen molar-refractivity contribution in [2.45, 2.75) is 23.8 Å². The van der Waals surface area contributed by atoms with Crippen molar-refractivity contribution in [2.24, 2.45) is 10.9 Å². The summed E-state index contributed by atoms with van der Waals surface area (Å²) >= 11 is 1.44. The van der Waals surface area contributed by atoms with Gasteiger partial charge in [-0.2, -0.15) is 0 Å². The first-order valence-electron chi connectivity index (χ1n) is 4.75. The Morgan fingerprint density at radius 2 is 2.44 bits per heavy atom. The second kappa shape index (κ2) is 6.29. The highest BCUT2D eigenvalue weighted by Crippen LogP contribution is 2.20. The van der Waals surface area contributed by atoms with Crippen LogP contribution in [0.3, 0.4) is 0 Å². The molecule has 6 nitrogen and oxygen atoms in total. The second-order valence-corrected chi connectivity index (χ2v) is 4.56. The van der Waals surface area contributed by atoms with Crippen LogP contribution in [0.1, 0.15) is 19.0 Å². The lowest BCUT2D eigenvalue weighted by Gasteiger charge is -2.08. The van der Waals surface area contributed by atoms with Crippen LogP contribution in [-0.4, -0.2) is 38.0 Å². The third kappa shape index (κ3) is 3.67. The van der Waals surface area contributed by atoms with Crippen molar-refractivity contribution in [1.29, 1.82) is 0 Å². The van der Waals surface area contributed by atoms with Crippen LogP contribution in [0.15, 0.2) is 22.6 Å². The summed E-state index contributed by atoms with van der Waals surface area (Å²) in [5.41, 5.74) is 5.80. The Morgan fingerprint density at radius 1 is 1.69 bits per heavy atom. The molecule has 0 aromatic carbocycles. The van der Waals surface area contributed by atoms with Gasteiger partial charge in [-0.15, -0.1) is 0 Å². The fourth-order valence-electron chi connectivity index (χ4n) is 1.01. The standard InChI is InChI=1S/C9H14N4O2S/c1-6(3-5-14)16-9-11-4-2-7(12-9)8(10)13-15/h2,4,6,14-15H,3,5H2,1H3,(H2,10,13). The summed E-state index contributed by atoms with van der Waals surface area (Å²) in [4.78, 5) is 8.18. The average molecular weight is 242 g/mol. The van der Waals surface area contributed by atoms with E-state index in [1.807, 2.05) is 6.92 Å². The van der Waals surface area contributed by atoms with Crippen LogP contribution in [0.25, 0.3) is 0 Å². The zero-order chi connectivity index (χ0) is 12.0. The Labute approximate surface area is 97.6 Å². The van der Waals surface area contributed by atoms with Crippen LogP contribution in [0.2, 0.25) is 0 Å². The van der Waals surface area contributed by atoms with Gasteiger partial charge in [-0.3, -0.25) is 0 Å². The lowest BCUT2D eigenvalue weighted by molar-refractivity contribution is 0.289. The van der Waals surface area contributed by atoms with Crippen molar-refractivity contribution in [3.63, 3.8) is 0 Å². The first kappa shape index (κ1) is 12.7. The zero-order valence-electron chi connectivity index (χ0n) is 8.87. The summed E-state index contributed by atoms with van der Waals surface area (Å²) in [7, 11) is 0. The van der Waals surface area contributed by atoms with E-state index in [0.29, 0.717) is 17.3 Å². The SMILES string of the molecule is CC(CCO)Sc1nccc(/C(N)=N/O)n1. The number of hydrogen-bond donors (Lipinski definition) is 3. The number of amidine groups is 1. The average Bonchev–Trinajstić information content (AvgIpc) is 2.28. The lowest BCUT2D eigenvalue weighted by atomic mass is 10.3. The van der Waals surface area contributed by atoms with Crippen molar-refractivity contribution in [2.75, 3.05) is 6.61 Å². The quantitative estimate of drug-likeness (QED) is 0.173. The van der Waals surface area contributed by atoms with Gasteiger partial charge >= 0.3 is 0 Å².